The fraction of sp³-hybridized carbons (Fsp3) is 0.158. The molecule has 0 fully saturated rings. The van der Waals surface area contributed by atoms with Crippen molar-refractivity contribution in [1.29, 1.82) is 0 Å². The van der Waals surface area contributed by atoms with Gasteiger partial charge in [0.2, 0.25) is 5.91 Å². The molecule has 29 heavy (non-hydrogen) atoms. The van der Waals surface area contributed by atoms with E-state index in [-0.39, 0.29) is 12.1 Å². The van der Waals surface area contributed by atoms with Crippen LogP contribution in [0.2, 0.25) is 5.02 Å². The number of benzene rings is 2. The molecular weight excluding hydrogens is 400 g/mol. The standard InChI is InChI=1S/C19H19ClN4O5/c1-11-14(20)3-2-4-15(11)24-16(25)9-22-17(26)10-29-18(27)12-5-7-13(8-6-12)23-19(21)28/h2-8H,9-10H2,1H3,(H,22,26)(H,24,25)(H3,21,23,28). The van der Waals surface area contributed by atoms with Crippen LogP contribution in [0, 0.1) is 6.92 Å². The van der Waals surface area contributed by atoms with E-state index in [1.54, 1.807) is 25.1 Å². The normalized spacial score (nSPS) is 10.0. The molecule has 10 heteroatoms. The molecule has 4 amide bonds. The van der Waals surface area contributed by atoms with Crippen LogP contribution in [0.25, 0.3) is 0 Å². The van der Waals surface area contributed by atoms with Gasteiger partial charge in [0.05, 0.1) is 12.1 Å². The average molecular weight is 419 g/mol. The number of hydrogen-bond acceptors (Lipinski definition) is 5. The number of nitrogens with two attached hydrogens (primary N) is 1. The predicted molar refractivity (Wildman–Crippen MR) is 108 cm³/mol. The molecular formula is C19H19ClN4O5. The van der Waals surface area contributed by atoms with Crippen LogP contribution in [0.4, 0.5) is 16.2 Å². The van der Waals surface area contributed by atoms with Crippen LogP contribution >= 0.6 is 11.6 Å². The van der Waals surface area contributed by atoms with E-state index in [2.05, 4.69) is 16.0 Å². The maximum Gasteiger partial charge on any atom is 0.338 e. The third-order valence-corrected chi connectivity index (χ3v) is 4.12. The van der Waals surface area contributed by atoms with Crippen LogP contribution < -0.4 is 21.7 Å². The van der Waals surface area contributed by atoms with Crippen molar-refractivity contribution in [3.8, 4) is 0 Å². The lowest BCUT2D eigenvalue weighted by Gasteiger charge is -2.10. The minimum Gasteiger partial charge on any atom is -0.452 e. The molecule has 0 radical (unpaired) electrons. The van der Waals surface area contributed by atoms with Gasteiger partial charge >= 0.3 is 12.0 Å². The molecule has 0 unspecified atom stereocenters. The first-order chi connectivity index (χ1) is 13.8. The summed E-state index contributed by atoms with van der Waals surface area (Å²) in [6.07, 6.45) is 0. The zero-order valence-electron chi connectivity index (χ0n) is 15.5. The van der Waals surface area contributed by atoms with E-state index in [4.69, 9.17) is 22.1 Å². The summed E-state index contributed by atoms with van der Waals surface area (Å²) in [6.45, 7) is 0.909. The largest absolute Gasteiger partial charge is 0.452 e. The number of carbonyl (C=O) groups is 4. The molecule has 0 atom stereocenters. The molecule has 0 saturated carbocycles. The van der Waals surface area contributed by atoms with Crippen LogP contribution in [-0.2, 0) is 14.3 Å². The first-order valence-electron chi connectivity index (χ1n) is 8.41. The van der Waals surface area contributed by atoms with Gasteiger partial charge in [-0.1, -0.05) is 17.7 Å². The summed E-state index contributed by atoms with van der Waals surface area (Å²) < 4.78 is 4.88. The predicted octanol–water partition coefficient (Wildman–Crippen LogP) is 2.05. The maximum absolute atomic E-state index is 11.9. The Kier molecular flexibility index (Phi) is 7.55. The summed E-state index contributed by atoms with van der Waals surface area (Å²) in [4.78, 5) is 46.4. The van der Waals surface area contributed by atoms with Crippen molar-refractivity contribution in [2.45, 2.75) is 6.92 Å². The molecule has 0 saturated heterocycles. The van der Waals surface area contributed by atoms with Gasteiger partial charge in [-0.05, 0) is 48.9 Å². The van der Waals surface area contributed by atoms with Crippen LogP contribution in [0.5, 0.6) is 0 Å². The zero-order valence-corrected chi connectivity index (χ0v) is 16.2. The molecule has 0 heterocycles. The molecule has 0 bridgehead atoms. The second-order valence-corrected chi connectivity index (χ2v) is 6.29. The van der Waals surface area contributed by atoms with Gasteiger partial charge in [0.25, 0.3) is 5.91 Å². The Morgan fingerprint density at radius 2 is 1.69 bits per heavy atom. The summed E-state index contributed by atoms with van der Waals surface area (Å²) >= 11 is 5.98. The molecule has 2 aromatic rings. The lowest BCUT2D eigenvalue weighted by molar-refractivity contribution is -0.126. The van der Waals surface area contributed by atoms with Gasteiger partial charge in [0.15, 0.2) is 6.61 Å². The number of urea groups is 1. The highest BCUT2D eigenvalue weighted by Gasteiger charge is 2.12. The summed E-state index contributed by atoms with van der Waals surface area (Å²) in [5.41, 5.74) is 6.83. The summed E-state index contributed by atoms with van der Waals surface area (Å²) in [5, 5.41) is 7.84. The summed E-state index contributed by atoms with van der Waals surface area (Å²) in [5.74, 6) is -1.82. The fourth-order valence-electron chi connectivity index (χ4n) is 2.21. The molecule has 152 valence electrons. The number of halogens is 1. The molecule has 2 rings (SSSR count). The zero-order chi connectivity index (χ0) is 21.4. The lowest BCUT2D eigenvalue weighted by atomic mass is 10.2. The molecule has 0 spiro atoms. The molecule has 0 aliphatic rings. The van der Waals surface area contributed by atoms with E-state index in [0.29, 0.717) is 22.0 Å². The molecule has 0 aromatic heterocycles. The van der Waals surface area contributed by atoms with Crippen molar-refractivity contribution in [3.05, 3.63) is 58.6 Å². The van der Waals surface area contributed by atoms with Crippen molar-refractivity contribution in [2.24, 2.45) is 5.73 Å². The van der Waals surface area contributed by atoms with E-state index < -0.39 is 30.4 Å². The summed E-state index contributed by atoms with van der Waals surface area (Å²) in [7, 11) is 0. The van der Waals surface area contributed by atoms with Gasteiger partial charge in [-0.2, -0.15) is 0 Å². The number of ether oxygens (including phenoxy) is 1. The van der Waals surface area contributed by atoms with E-state index in [1.807, 2.05) is 0 Å². The number of rotatable bonds is 7. The Balaban J connectivity index is 1.76. The number of primary amides is 1. The summed E-state index contributed by atoms with van der Waals surface area (Å²) in [6, 6.07) is 10.1. The molecule has 2 aromatic carbocycles. The Labute approximate surface area is 171 Å². The van der Waals surface area contributed by atoms with Gasteiger partial charge in [0.1, 0.15) is 0 Å². The SMILES string of the molecule is Cc1c(Cl)cccc1NC(=O)CNC(=O)COC(=O)c1ccc(NC(N)=O)cc1. The number of nitrogens with one attached hydrogen (secondary N) is 3. The van der Waals surface area contributed by atoms with Crippen molar-refractivity contribution >= 4 is 46.8 Å². The fourth-order valence-corrected chi connectivity index (χ4v) is 2.39. The van der Waals surface area contributed by atoms with Crippen molar-refractivity contribution in [3.63, 3.8) is 0 Å². The van der Waals surface area contributed by atoms with Crippen LogP contribution in [0.15, 0.2) is 42.5 Å². The number of carbonyl (C=O) groups excluding carboxylic acids is 4. The highest BCUT2D eigenvalue weighted by Crippen LogP contribution is 2.22. The highest BCUT2D eigenvalue weighted by atomic mass is 35.5. The Morgan fingerprint density at radius 3 is 2.34 bits per heavy atom. The minimum atomic E-state index is -0.732. The van der Waals surface area contributed by atoms with Gasteiger partial charge in [-0.25, -0.2) is 9.59 Å². The average Bonchev–Trinajstić information content (AvgIpc) is 2.68. The quantitative estimate of drug-likeness (QED) is 0.509. The van der Waals surface area contributed by atoms with Gasteiger partial charge < -0.3 is 26.4 Å². The third kappa shape index (κ3) is 6.82. The van der Waals surface area contributed by atoms with E-state index in [0.717, 1.165) is 0 Å². The monoisotopic (exact) mass is 418 g/mol. The molecule has 9 nitrogen and oxygen atoms in total. The van der Waals surface area contributed by atoms with Crippen molar-refractivity contribution < 1.29 is 23.9 Å². The Morgan fingerprint density at radius 1 is 1.00 bits per heavy atom. The second-order valence-electron chi connectivity index (χ2n) is 5.88. The topological polar surface area (TPSA) is 140 Å². The van der Waals surface area contributed by atoms with Crippen molar-refractivity contribution in [1.82, 2.24) is 5.32 Å². The van der Waals surface area contributed by atoms with Gasteiger partial charge in [-0.3, -0.25) is 9.59 Å². The molecule has 5 N–H and O–H groups in total. The second kappa shape index (κ2) is 10.1. The Hall–Kier alpha value is -3.59. The van der Waals surface area contributed by atoms with Gasteiger partial charge in [0, 0.05) is 16.4 Å². The van der Waals surface area contributed by atoms with Crippen molar-refractivity contribution in [2.75, 3.05) is 23.8 Å². The lowest BCUT2D eigenvalue weighted by Crippen LogP contribution is -2.35. The highest BCUT2D eigenvalue weighted by molar-refractivity contribution is 6.31. The molecule has 0 aliphatic carbocycles. The van der Waals surface area contributed by atoms with Crippen LogP contribution in [0.1, 0.15) is 15.9 Å². The number of hydrogen-bond donors (Lipinski definition) is 4. The first kappa shape index (κ1) is 21.7. The smallest absolute Gasteiger partial charge is 0.338 e. The molecule has 0 aliphatic heterocycles. The van der Waals surface area contributed by atoms with E-state index in [1.165, 1.54) is 24.3 Å². The van der Waals surface area contributed by atoms with Crippen LogP contribution in [0.3, 0.4) is 0 Å². The van der Waals surface area contributed by atoms with E-state index in [9.17, 15) is 19.2 Å². The Bertz CT molecular complexity index is 931. The first-order valence-corrected chi connectivity index (χ1v) is 8.79. The number of anilines is 2. The maximum atomic E-state index is 11.9. The van der Waals surface area contributed by atoms with Crippen LogP contribution in [-0.4, -0.2) is 37.0 Å². The number of amides is 4. The van der Waals surface area contributed by atoms with E-state index >= 15 is 0 Å². The third-order valence-electron chi connectivity index (χ3n) is 3.71. The minimum absolute atomic E-state index is 0.182. The number of esters is 1. The van der Waals surface area contributed by atoms with Gasteiger partial charge in [-0.15, -0.1) is 0 Å².